The fourth-order valence-corrected chi connectivity index (χ4v) is 1.62. The van der Waals surface area contributed by atoms with Crippen molar-refractivity contribution in [3.05, 3.63) is 0 Å². The van der Waals surface area contributed by atoms with Gasteiger partial charge in [-0.3, -0.25) is 0 Å². The van der Waals surface area contributed by atoms with Crippen LogP contribution in [0.1, 0.15) is 79.1 Å². The Balaban J connectivity index is 3.40. The maximum atomic E-state index is 11.2. The molecule has 18 heavy (non-hydrogen) atoms. The molecule has 0 N–H and O–H groups in total. The summed E-state index contributed by atoms with van der Waals surface area (Å²) >= 11 is 0. The smallest absolute Gasteiger partial charge is 0.433 e. The molecule has 0 radical (unpaired) electrons. The van der Waals surface area contributed by atoms with Crippen molar-refractivity contribution in [3.8, 4) is 0 Å². The van der Waals surface area contributed by atoms with E-state index in [2.05, 4.69) is 11.9 Å². The monoisotopic (exact) mass is 255 g/mol. The molecule has 0 heterocycles. The molecule has 0 aliphatic heterocycles. The van der Waals surface area contributed by atoms with E-state index < -0.39 is 11.7 Å². The van der Waals surface area contributed by atoms with Gasteiger partial charge in [-0.2, -0.15) is 4.99 Å². The molecule has 0 saturated carbocycles. The lowest BCUT2D eigenvalue weighted by molar-refractivity contribution is 0.0605. The Hall–Kier alpha value is -0.860. The van der Waals surface area contributed by atoms with Crippen LogP contribution in [0.5, 0.6) is 0 Å². The van der Waals surface area contributed by atoms with Crippen LogP contribution in [0.4, 0.5) is 4.79 Å². The van der Waals surface area contributed by atoms with Gasteiger partial charge in [0.1, 0.15) is 5.60 Å². The Morgan fingerprint density at radius 2 is 1.61 bits per heavy atom. The summed E-state index contributed by atoms with van der Waals surface area (Å²) in [6.45, 7) is 7.76. The number of carbonyl (C=O) groups is 1. The summed E-state index contributed by atoms with van der Waals surface area (Å²) in [7, 11) is 0. The van der Waals surface area contributed by atoms with Crippen LogP contribution >= 0.6 is 0 Å². The maximum absolute atomic E-state index is 11.2. The number of unbranched alkanes of at least 4 members (excludes halogenated alkanes) is 7. The topological polar surface area (TPSA) is 38.7 Å². The van der Waals surface area contributed by atoms with Crippen LogP contribution in [-0.2, 0) is 4.74 Å². The lowest BCUT2D eigenvalue weighted by atomic mass is 10.1. The van der Waals surface area contributed by atoms with E-state index in [-0.39, 0.29) is 0 Å². The van der Waals surface area contributed by atoms with Crippen LogP contribution in [0, 0.1) is 0 Å². The van der Waals surface area contributed by atoms with E-state index in [1.54, 1.807) is 6.21 Å². The number of ether oxygens (including phenoxy) is 1. The molecule has 3 nitrogen and oxygen atoms in total. The van der Waals surface area contributed by atoms with Crippen LogP contribution in [0.2, 0.25) is 0 Å². The SMILES string of the molecule is CCCCCCCCCC=NC(=O)OC(C)(C)C. The first-order chi connectivity index (χ1) is 8.45. The minimum atomic E-state index is -0.481. The van der Waals surface area contributed by atoms with Crippen LogP contribution in [0.3, 0.4) is 0 Å². The largest absolute Gasteiger partial charge is 0.442 e. The zero-order chi connectivity index (χ0) is 13.9. The molecular weight excluding hydrogens is 226 g/mol. The van der Waals surface area contributed by atoms with Gasteiger partial charge in [-0.05, 0) is 33.6 Å². The Bertz CT molecular complexity index is 241. The Kier molecular flexibility index (Phi) is 9.62. The number of amides is 1. The van der Waals surface area contributed by atoms with E-state index in [4.69, 9.17) is 4.74 Å². The minimum absolute atomic E-state index is 0.451. The second-order valence-electron chi connectivity index (χ2n) is 5.70. The van der Waals surface area contributed by atoms with Crippen molar-refractivity contribution in [1.82, 2.24) is 0 Å². The average molecular weight is 255 g/mol. The van der Waals surface area contributed by atoms with E-state index in [1.807, 2.05) is 20.8 Å². The lowest BCUT2D eigenvalue weighted by Crippen LogP contribution is -2.21. The van der Waals surface area contributed by atoms with Gasteiger partial charge in [0.05, 0.1) is 0 Å². The fourth-order valence-electron chi connectivity index (χ4n) is 1.62. The van der Waals surface area contributed by atoms with Crippen molar-refractivity contribution >= 4 is 12.3 Å². The van der Waals surface area contributed by atoms with Crippen molar-refractivity contribution < 1.29 is 9.53 Å². The lowest BCUT2D eigenvalue weighted by Gasteiger charge is -2.17. The second-order valence-corrected chi connectivity index (χ2v) is 5.70. The van der Waals surface area contributed by atoms with Crippen molar-refractivity contribution in [3.63, 3.8) is 0 Å². The van der Waals surface area contributed by atoms with E-state index in [1.165, 1.54) is 38.5 Å². The van der Waals surface area contributed by atoms with Crippen molar-refractivity contribution in [2.45, 2.75) is 84.7 Å². The highest BCUT2D eigenvalue weighted by Crippen LogP contribution is 2.09. The van der Waals surface area contributed by atoms with E-state index in [0.717, 1.165) is 12.8 Å². The normalized spacial score (nSPS) is 12.0. The number of hydrogen-bond donors (Lipinski definition) is 0. The Labute approximate surface area is 112 Å². The summed E-state index contributed by atoms with van der Waals surface area (Å²) in [6, 6.07) is 0. The third-order valence-corrected chi connectivity index (χ3v) is 2.53. The molecule has 0 saturated heterocycles. The quantitative estimate of drug-likeness (QED) is 0.445. The summed E-state index contributed by atoms with van der Waals surface area (Å²) < 4.78 is 5.07. The molecule has 0 aliphatic carbocycles. The zero-order valence-corrected chi connectivity index (χ0v) is 12.5. The van der Waals surface area contributed by atoms with Crippen LogP contribution in [0.15, 0.2) is 4.99 Å². The zero-order valence-electron chi connectivity index (χ0n) is 12.5. The molecule has 0 fully saturated rings. The van der Waals surface area contributed by atoms with Crippen molar-refractivity contribution in [2.24, 2.45) is 4.99 Å². The molecule has 1 amide bonds. The predicted octanol–water partition coefficient (Wildman–Crippen LogP) is 5.13. The molecule has 0 aromatic rings. The first kappa shape index (κ1) is 17.1. The summed E-state index contributed by atoms with van der Waals surface area (Å²) in [5.74, 6) is 0. The molecule has 106 valence electrons. The summed E-state index contributed by atoms with van der Waals surface area (Å²) in [6.07, 6.45) is 11.0. The number of hydrogen-bond acceptors (Lipinski definition) is 2. The third-order valence-electron chi connectivity index (χ3n) is 2.53. The molecule has 0 atom stereocenters. The van der Waals surface area contributed by atoms with E-state index in [9.17, 15) is 4.79 Å². The van der Waals surface area contributed by atoms with E-state index >= 15 is 0 Å². The fraction of sp³-hybridized carbons (Fsp3) is 0.867. The Morgan fingerprint density at radius 3 is 2.17 bits per heavy atom. The highest BCUT2D eigenvalue weighted by atomic mass is 16.6. The van der Waals surface area contributed by atoms with Crippen LogP contribution in [-0.4, -0.2) is 17.9 Å². The van der Waals surface area contributed by atoms with Gasteiger partial charge in [0, 0.05) is 6.21 Å². The molecule has 3 heteroatoms. The van der Waals surface area contributed by atoms with Gasteiger partial charge in [-0.15, -0.1) is 0 Å². The molecular formula is C15H29NO2. The molecule has 0 aromatic carbocycles. The van der Waals surface area contributed by atoms with Gasteiger partial charge in [0.2, 0.25) is 0 Å². The van der Waals surface area contributed by atoms with Crippen molar-refractivity contribution in [2.75, 3.05) is 0 Å². The van der Waals surface area contributed by atoms with Gasteiger partial charge >= 0.3 is 6.09 Å². The van der Waals surface area contributed by atoms with Gasteiger partial charge in [0.25, 0.3) is 0 Å². The minimum Gasteiger partial charge on any atom is -0.442 e. The number of aliphatic imine (C=N–C) groups is 1. The number of carbonyl (C=O) groups excluding carboxylic acids is 1. The number of nitrogens with zero attached hydrogens (tertiary/aromatic N) is 1. The molecule has 0 unspecified atom stereocenters. The van der Waals surface area contributed by atoms with Crippen LogP contribution in [0.25, 0.3) is 0 Å². The van der Waals surface area contributed by atoms with Gasteiger partial charge in [-0.1, -0.05) is 45.4 Å². The first-order valence-electron chi connectivity index (χ1n) is 7.21. The first-order valence-corrected chi connectivity index (χ1v) is 7.21. The average Bonchev–Trinajstić information content (AvgIpc) is 2.24. The highest BCUT2D eigenvalue weighted by molar-refractivity contribution is 5.79. The standard InChI is InChI=1S/C15H29NO2/c1-5-6-7-8-9-10-11-12-13-16-14(17)18-15(2,3)4/h13H,5-12H2,1-4H3. The number of rotatable bonds is 8. The molecule has 0 bridgehead atoms. The van der Waals surface area contributed by atoms with Crippen LogP contribution < -0.4 is 0 Å². The molecule has 0 rings (SSSR count). The van der Waals surface area contributed by atoms with Crippen molar-refractivity contribution in [1.29, 1.82) is 0 Å². The second kappa shape index (κ2) is 10.1. The maximum Gasteiger partial charge on any atom is 0.433 e. The summed E-state index contributed by atoms with van der Waals surface area (Å²) in [5.41, 5.74) is -0.451. The summed E-state index contributed by atoms with van der Waals surface area (Å²) in [4.78, 5) is 15.0. The Morgan fingerprint density at radius 1 is 1.06 bits per heavy atom. The van der Waals surface area contributed by atoms with E-state index in [0.29, 0.717) is 0 Å². The molecule has 0 aliphatic rings. The van der Waals surface area contributed by atoms with Gasteiger partial charge in [-0.25, -0.2) is 4.79 Å². The summed E-state index contributed by atoms with van der Waals surface area (Å²) in [5, 5.41) is 0. The predicted molar refractivity (Wildman–Crippen MR) is 77.3 cm³/mol. The van der Waals surface area contributed by atoms with Gasteiger partial charge < -0.3 is 4.74 Å². The van der Waals surface area contributed by atoms with Gasteiger partial charge in [0.15, 0.2) is 0 Å². The molecule has 0 aromatic heterocycles. The third kappa shape index (κ3) is 13.2. The molecule has 0 spiro atoms. The highest BCUT2D eigenvalue weighted by Gasteiger charge is 2.14.